The monoisotopic (exact) mass is 407 g/mol. The van der Waals surface area contributed by atoms with E-state index in [1.165, 1.54) is 17.0 Å². The molecule has 0 aliphatic carbocycles. The molecule has 5 nitrogen and oxygen atoms in total. The second-order valence-electron chi connectivity index (χ2n) is 6.41. The van der Waals surface area contributed by atoms with Gasteiger partial charge in [0.1, 0.15) is 5.82 Å². The maximum atomic E-state index is 12.9. The number of benzene rings is 2. The van der Waals surface area contributed by atoms with Gasteiger partial charge in [-0.3, -0.25) is 4.79 Å². The van der Waals surface area contributed by atoms with Gasteiger partial charge in [0.2, 0.25) is 0 Å². The van der Waals surface area contributed by atoms with E-state index in [0.717, 1.165) is 31.9 Å². The lowest BCUT2D eigenvalue weighted by molar-refractivity contribution is -0.895. The molecule has 8 heteroatoms. The molecule has 1 amide bonds. The molecule has 1 fully saturated rings. The number of nitrogens with zero attached hydrogens (tertiary/aromatic N) is 1. The Bertz CT molecular complexity index is 792. The number of carbonyl (C=O) groups excluding carboxylic acids is 1. The lowest BCUT2D eigenvalue weighted by Gasteiger charge is -2.33. The largest absolute Gasteiger partial charge is 0.338 e. The Hall–Kier alpha value is -2.22. The molecule has 0 spiro atoms. The number of thiocarbonyl (C=S) groups is 1. The summed E-state index contributed by atoms with van der Waals surface area (Å²) in [5, 5.41) is 7.37. The second kappa shape index (κ2) is 9.12. The van der Waals surface area contributed by atoms with Crippen LogP contribution in [0.2, 0.25) is 5.02 Å². The first-order valence-electron chi connectivity index (χ1n) is 8.70. The number of rotatable bonds is 4. The van der Waals surface area contributed by atoms with Gasteiger partial charge < -0.3 is 20.4 Å². The van der Waals surface area contributed by atoms with Crippen LogP contribution in [0.25, 0.3) is 0 Å². The van der Waals surface area contributed by atoms with Crippen molar-refractivity contribution < 1.29 is 14.1 Å². The van der Waals surface area contributed by atoms with Crippen LogP contribution in [-0.4, -0.2) is 48.6 Å². The highest BCUT2D eigenvalue weighted by molar-refractivity contribution is 7.80. The van der Waals surface area contributed by atoms with Gasteiger partial charge in [-0.25, -0.2) is 4.39 Å². The molecule has 0 radical (unpaired) electrons. The maximum absolute atomic E-state index is 12.9. The Morgan fingerprint density at radius 2 is 1.59 bits per heavy atom. The fourth-order valence-electron chi connectivity index (χ4n) is 2.90. The van der Waals surface area contributed by atoms with Crippen LogP contribution in [0.5, 0.6) is 0 Å². The van der Waals surface area contributed by atoms with Gasteiger partial charge in [0.15, 0.2) is 11.7 Å². The summed E-state index contributed by atoms with van der Waals surface area (Å²) in [5.41, 5.74) is 1.51. The number of hydrogen-bond donors (Lipinski definition) is 3. The van der Waals surface area contributed by atoms with Crippen molar-refractivity contribution in [1.29, 1.82) is 0 Å². The van der Waals surface area contributed by atoms with Gasteiger partial charge in [-0.05, 0) is 60.7 Å². The Morgan fingerprint density at radius 1 is 1.04 bits per heavy atom. The third-order valence-corrected chi connectivity index (χ3v) is 5.00. The van der Waals surface area contributed by atoms with Crippen LogP contribution in [0, 0.1) is 5.82 Å². The standard InChI is InChI=1S/C19H20ClFN4OS/c20-14-1-5-17(6-2-14)23-19(27)25-11-9-24(10-12-25)13-18(26)22-16-7-3-15(21)4-8-16/h1-8H,9-13H2,(H,22,26)(H,23,27)/p+1. The summed E-state index contributed by atoms with van der Waals surface area (Å²) in [6.45, 7) is 3.57. The summed E-state index contributed by atoms with van der Waals surface area (Å²) < 4.78 is 12.9. The average molecular weight is 408 g/mol. The zero-order valence-corrected chi connectivity index (χ0v) is 16.2. The second-order valence-corrected chi connectivity index (χ2v) is 7.23. The highest BCUT2D eigenvalue weighted by Crippen LogP contribution is 2.14. The molecule has 0 unspecified atom stereocenters. The van der Waals surface area contributed by atoms with E-state index in [-0.39, 0.29) is 11.7 Å². The summed E-state index contributed by atoms with van der Waals surface area (Å²) in [6, 6.07) is 13.2. The highest BCUT2D eigenvalue weighted by Gasteiger charge is 2.23. The van der Waals surface area contributed by atoms with Gasteiger partial charge in [-0.1, -0.05) is 11.6 Å². The Kier molecular flexibility index (Phi) is 6.60. The number of anilines is 2. The number of piperazine rings is 1. The SMILES string of the molecule is O=C(C[NH+]1CCN(C(=S)Nc2ccc(Cl)cc2)CC1)Nc1ccc(F)cc1. The maximum Gasteiger partial charge on any atom is 0.279 e. The van der Waals surface area contributed by atoms with Crippen LogP contribution in [0.4, 0.5) is 15.8 Å². The zero-order chi connectivity index (χ0) is 19.2. The quantitative estimate of drug-likeness (QED) is 0.679. The van der Waals surface area contributed by atoms with Crippen molar-refractivity contribution in [3.63, 3.8) is 0 Å². The first kappa shape index (κ1) is 19.5. The van der Waals surface area contributed by atoms with Gasteiger partial charge in [-0.2, -0.15) is 0 Å². The number of hydrogen-bond acceptors (Lipinski definition) is 2. The predicted molar refractivity (Wildman–Crippen MR) is 110 cm³/mol. The van der Waals surface area contributed by atoms with Crippen LogP contribution in [-0.2, 0) is 4.79 Å². The van der Waals surface area contributed by atoms with E-state index in [1.807, 2.05) is 24.3 Å². The van der Waals surface area contributed by atoms with Crippen molar-refractivity contribution in [2.75, 3.05) is 43.4 Å². The molecule has 0 aromatic heterocycles. The lowest BCUT2D eigenvalue weighted by Crippen LogP contribution is -3.15. The third-order valence-electron chi connectivity index (χ3n) is 4.39. The predicted octanol–water partition coefficient (Wildman–Crippen LogP) is 2.02. The van der Waals surface area contributed by atoms with Crippen LogP contribution < -0.4 is 15.5 Å². The van der Waals surface area contributed by atoms with Gasteiger partial charge in [0.05, 0.1) is 26.2 Å². The molecular weight excluding hydrogens is 387 g/mol. The first-order chi connectivity index (χ1) is 13.0. The van der Waals surface area contributed by atoms with Crippen molar-refractivity contribution in [2.24, 2.45) is 0 Å². The summed E-state index contributed by atoms with van der Waals surface area (Å²) in [7, 11) is 0. The molecule has 27 heavy (non-hydrogen) atoms. The van der Waals surface area contributed by atoms with Gasteiger partial charge in [0, 0.05) is 16.4 Å². The number of quaternary nitrogens is 1. The van der Waals surface area contributed by atoms with E-state index in [4.69, 9.17) is 23.8 Å². The molecule has 1 aliphatic heterocycles. The van der Waals surface area contributed by atoms with Crippen LogP contribution in [0.3, 0.4) is 0 Å². The first-order valence-corrected chi connectivity index (χ1v) is 9.49. The summed E-state index contributed by atoms with van der Waals surface area (Å²) in [5.74, 6) is -0.398. The molecule has 1 aliphatic rings. The molecule has 2 aromatic rings. The number of nitrogens with one attached hydrogen (secondary N) is 3. The molecule has 0 bridgehead atoms. The minimum absolute atomic E-state index is 0.0769. The Morgan fingerprint density at radius 3 is 2.22 bits per heavy atom. The normalized spacial score (nSPS) is 14.7. The van der Waals surface area contributed by atoms with E-state index >= 15 is 0 Å². The van der Waals surface area contributed by atoms with Crippen molar-refractivity contribution >= 4 is 46.2 Å². The average Bonchev–Trinajstić information content (AvgIpc) is 2.66. The molecule has 0 saturated carbocycles. The molecule has 2 aromatic carbocycles. The topological polar surface area (TPSA) is 48.8 Å². The molecular formula is C19H21ClFN4OS+. The molecule has 3 rings (SSSR count). The van der Waals surface area contributed by atoms with Crippen LogP contribution >= 0.6 is 23.8 Å². The van der Waals surface area contributed by atoms with Crippen molar-refractivity contribution in [3.05, 3.63) is 59.4 Å². The fourth-order valence-corrected chi connectivity index (χ4v) is 3.33. The Labute approximate surface area is 168 Å². The Balaban J connectivity index is 1.42. The third kappa shape index (κ3) is 5.89. The molecule has 3 N–H and O–H groups in total. The summed E-state index contributed by atoms with van der Waals surface area (Å²) >= 11 is 11.4. The number of carbonyl (C=O) groups is 1. The molecule has 1 heterocycles. The van der Waals surface area contributed by atoms with Crippen molar-refractivity contribution in [3.8, 4) is 0 Å². The lowest BCUT2D eigenvalue weighted by atomic mass is 10.3. The summed E-state index contributed by atoms with van der Waals surface area (Å²) in [6.07, 6.45) is 0. The van der Waals surface area contributed by atoms with E-state index in [1.54, 1.807) is 12.1 Å². The summed E-state index contributed by atoms with van der Waals surface area (Å²) in [4.78, 5) is 15.5. The van der Waals surface area contributed by atoms with Crippen molar-refractivity contribution in [1.82, 2.24) is 4.90 Å². The molecule has 1 saturated heterocycles. The van der Waals surface area contributed by atoms with Crippen LogP contribution in [0.1, 0.15) is 0 Å². The fraction of sp³-hybridized carbons (Fsp3) is 0.263. The van der Waals surface area contributed by atoms with Crippen LogP contribution in [0.15, 0.2) is 48.5 Å². The number of halogens is 2. The molecule has 0 atom stereocenters. The smallest absolute Gasteiger partial charge is 0.279 e. The van der Waals surface area contributed by atoms with Gasteiger partial charge >= 0.3 is 0 Å². The van der Waals surface area contributed by atoms with E-state index in [9.17, 15) is 9.18 Å². The number of amides is 1. The minimum Gasteiger partial charge on any atom is -0.338 e. The zero-order valence-electron chi connectivity index (χ0n) is 14.7. The van der Waals surface area contributed by atoms with Crippen molar-refractivity contribution in [2.45, 2.75) is 0 Å². The van der Waals surface area contributed by atoms with E-state index in [2.05, 4.69) is 15.5 Å². The highest BCUT2D eigenvalue weighted by atomic mass is 35.5. The van der Waals surface area contributed by atoms with E-state index in [0.29, 0.717) is 22.4 Å². The molecule has 142 valence electrons. The van der Waals surface area contributed by atoms with Gasteiger partial charge in [0.25, 0.3) is 5.91 Å². The van der Waals surface area contributed by atoms with Gasteiger partial charge in [-0.15, -0.1) is 0 Å². The minimum atomic E-state index is -0.321. The van der Waals surface area contributed by atoms with E-state index < -0.39 is 0 Å².